The second-order valence-corrected chi connectivity index (χ2v) is 6.38. The van der Waals surface area contributed by atoms with Gasteiger partial charge >= 0.3 is 0 Å². The van der Waals surface area contributed by atoms with E-state index in [-0.39, 0.29) is 6.04 Å². The van der Waals surface area contributed by atoms with Crippen LogP contribution in [0.2, 0.25) is 0 Å². The Morgan fingerprint density at radius 2 is 1.48 bits per heavy atom. The van der Waals surface area contributed by atoms with Crippen molar-refractivity contribution in [2.45, 2.75) is 11.6 Å². The number of nitrogens with zero attached hydrogens (tertiary/aromatic N) is 3. The molecule has 0 aliphatic carbocycles. The first-order chi connectivity index (χ1) is 12.4. The molecular weight excluding hydrogens is 310 g/mol. The molecule has 1 aliphatic heterocycles. The van der Waals surface area contributed by atoms with Crippen LogP contribution in [0.5, 0.6) is 0 Å². The molecule has 1 aliphatic rings. The molecule has 2 atom stereocenters. The average Bonchev–Trinajstić information content (AvgIpc) is 3.38. The van der Waals surface area contributed by atoms with Crippen LogP contribution in [0, 0.1) is 0 Å². The van der Waals surface area contributed by atoms with Crippen molar-refractivity contribution in [1.29, 1.82) is 0 Å². The van der Waals surface area contributed by atoms with E-state index >= 15 is 0 Å². The van der Waals surface area contributed by atoms with Crippen molar-refractivity contribution in [3.63, 3.8) is 0 Å². The number of fused-ring (bicyclic) bond motifs is 1. The van der Waals surface area contributed by atoms with Crippen molar-refractivity contribution in [1.82, 2.24) is 15.0 Å². The smallest absolute Gasteiger partial charge is 0.143 e. The third-order valence-corrected chi connectivity index (χ3v) is 4.90. The number of aromatic nitrogens is 3. The Bertz CT molecular complexity index is 1010. The van der Waals surface area contributed by atoms with Crippen molar-refractivity contribution < 1.29 is 4.74 Å². The molecule has 4 heteroatoms. The highest BCUT2D eigenvalue weighted by molar-refractivity contribution is 5.74. The first-order valence-electron chi connectivity index (χ1n) is 8.43. The fraction of sp³-hybridized carbons (Fsp3) is 0.143. The molecule has 1 saturated heterocycles. The summed E-state index contributed by atoms with van der Waals surface area (Å²) < 4.78 is 8.09. The molecule has 0 amide bonds. The van der Waals surface area contributed by atoms with Crippen LogP contribution in [0.25, 0.3) is 11.0 Å². The zero-order chi connectivity index (χ0) is 16.7. The second kappa shape index (κ2) is 5.53. The van der Waals surface area contributed by atoms with Crippen LogP contribution in [0.4, 0.5) is 0 Å². The molecule has 0 unspecified atom stereocenters. The van der Waals surface area contributed by atoms with Gasteiger partial charge in [0.05, 0.1) is 12.1 Å². The Hall–Kier alpha value is -2.98. The average molecular weight is 327 g/mol. The van der Waals surface area contributed by atoms with E-state index in [0.717, 1.165) is 11.0 Å². The number of ether oxygens (including phenoxy) is 1. The second-order valence-electron chi connectivity index (χ2n) is 6.38. The molecule has 4 nitrogen and oxygen atoms in total. The summed E-state index contributed by atoms with van der Waals surface area (Å²) in [7, 11) is 0. The molecule has 122 valence electrons. The Morgan fingerprint density at radius 1 is 0.840 bits per heavy atom. The monoisotopic (exact) mass is 327 g/mol. The van der Waals surface area contributed by atoms with E-state index in [1.165, 1.54) is 11.1 Å². The third-order valence-electron chi connectivity index (χ3n) is 4.90. The van der Waals surface area contributed by atoms with Gasteiger partial charge in [0.2, 0.25) is 0 Å². The maximum Gasteiger partial charge on any atom is 0.143 e. The van der Waals surface area contributed by atoms with E-state index in [4.69, 9.17) is 4.74 Å². The molecule has 3 aromatic carbocycles. The van der Waals surface area contributed by atoms with Gasteiger partial charge in [-0.05, 0) is 23.3 Å². The van der Waals surface area contributed by atoms with Crippen molar-refractivity contribution in [2.75, 3.05) is 6.61 Å². The van der Waals surface area contributed by atoms with Gasteiger partial charge < -0.3 is 4.74 Å². The van der Waals surface area contributed by atoms with Crippen LogP contribution in [0.3, 0.4) is 0 Å². The van der Waals surface area contributed by atoms with Crippen molar-refractivity contribution in [2.24, 2.45) is 0 Å². The molecule has 5 rings (SSSR count). The SMILES string of the molecule is c1ccc([C@H](n2nnc3ccccc32)[C@]2(c3ccccc3)CO2)cc1. The van der Waals surface area contributed by atoms with Crippen LogP contribution in [-0.4, -0.2) is 21.6 Å². The Labute approximate surface area is 145 Å². The number of benzene rings is 3. The molecule has 1 aromatic heterocycles. The van der Waals surface area contributed by atoms with Gasteiger partial charge in [0.15, 0.2) is 0 Å². The molecule has 0 spiro atoms. The maximum atomic E-state index is 6.08. The first kappa shape index (κ1) is 14.4. The molecule has 0 N–H and O–H groups in total. The lowest BCUT2D eigenvalue weighted by Gasteiger charge is -2.25. The summed E-state index contributed by atoms with van der Waals surface area (Å²) in [4.78, 5) is 0. The van der Waals surface area contributed by atoms with Crippen molar-refractivity contribution >= 4 is 11.0 Å². The van der Waals surface area contributed by atoms with Crippen molar-refractivity contribution in [3.05, 3.63) is 96.1 Å². The summed E-state index contributed by atoms with van der Waals surface area (Å²) in [6.45, 7) is 0.671. The highest BCUT2D eigenvalue weighted by Gasteiger charge is 2.55. The predicted molar refractivity (Wildman–Crippen MR) is 96.2 cm³/mol. The Balaban J connectivity index is 1.74. The van der Waals surface area contributed by atoms with E-state index in [9.17, 15) is 0 Å². The van der Waals surface area contributed by atoms with Gasteiger partial charge in [-0.1, -0.05) is 78.0 Å². The van der Waals surface area contributed by atoms with Gasteiger partial charge in [-0.25, -0.2) is 4.68 Å². The highest BCUT2D eigenvalue weighted by Crippen LogP contribution is 2.51. The normalized spacial score (nSPS) is 20.5. The van der Waals surface area contributed by atoms with Gasteiger partial charge in [-0.15, -0.1) is 5.10 Å². The number of para-hydroxylation sites is 1. The minimum absolute atomic E-state index is 0.0662. The summed E-state index contributed by atoms with van der Waals surface area (Å²) in [6, 6.07) is 28.8. The maximum absolute atomic E-state index is 6.08. The standard InChI is InChI=1S/C21H17N3O/c1-3-9-16(10-4-1)20(21(15-25-21)17-11-5-2-6-12-17)24-19-14-8-7-13-18(19)22-23-24/h1-14,20H,15H2/t20-,21+/m0/s1. The van der Waals surface area contributed by atoms with E-state index < -0.39 is 5.60 Å². The van der Waals surface area contributed by atoms with Crippen LogP contribution in [-0.2, 0) is 10.3 Å². The van der Waals surface area contributed by atoms with Crippen LogP contribution in [0.1, 0.15) is 17.2 Å². The quantitative estimate of drug-likeness (QED) is 0.533. The summed E-state index contributed by atoms with van der Waals surface area (Å²) >= 11 is 0. The van der Waals surface area contributed by atoms with Gasteiger partial charge in [0.1, 0.15) is 17.2 Å². The van der Waals surface area contributed by atoms with Gasteiger partial charge in [0.25, 0.3) is 0 Å². The number of rotatable bonds is 4. The number of hydrogen-bond acceptors (Lipinski definition) is 3. The molecular formula is C21H17N3O. The minimum Gasteiger partial charge on any atom is -0.362 e. The Kier molecular flexibility index (Phi) is 3.18. The zero-order valence-corrected chi connectivity index (χ0v) is 13.6. The molecule has 0 radical (unpaired) electrons. The fourth-order valence-corrected chi connectivity index (χ4v) is 3.60. The summed E-state index contributed by atoms with van der Waals surface area (Å²) in [5.74, 6) is 0. The third kappa shape index (κ3) is 2.26. The van der Waals surface area contributed by atoms with Crippen LogP contribution >= 0.6 is 0 Å². The highest BCUT2D eigenvalue weighted by atomic mass is 16.6. The molecule has 4 aromatic rings. The van der Waals surface area contributed by atoms with Crippen LogP contribution in [0.15, 0.2) is 84.9 Å². The lowest BCUT2D eigenvalue weighted by molar-refractivity contribution is 0.235. The molecule has 25 heavy (non-hydrogen) atoms. The number of epoxide rings is 1. The summed E-state index contributed by atoms with van der Waals surface area (Å²) in [6.07, 6.45) is 0. The molecule has 0 saturated carbocycles. The minimum atomic E-state index is -0.404. The zero-order valence-electron chi connectivity index (χ0n) is 13.6. The van der Waals surface area contributed by atoms with E-state index in [1.807, 2.05) is 35.0 Å². The summed E-state index contributed by atoms with van der Waals surface area (Å²) in [5.41, 5.74) is 3.84. The molecule has 0 bridgehead atoms. The van der Waals surface area contributed by atoms with Crippen molar-refractivity contribution in [3.8, 4) is 0 Å². The first-order valence-corrected chi connectivity index (χ1v) is 8.43. The van der Waals surface area contributed by atoms with Crippen LogP contribution < -0.4 is 0 Å². The summed E-state index contributed by atoms with van der Waals surface area (Å²) in [5, 5.41) is 8.85. The Morgan fingerprint density at radius 3 is 2.20 bits per heavy atom. The van der Waals surface area contributed by atoms with Gasteiger partial charge in [-0.2, -0.15) is 0 Å². The lowest BCUT2D eigenvalue weighted by atomic mass is 9.87. The largest absolute Gasteiger partial charge is 0.362 e. The molecule has 1 fully saturated rings. The lowest BCUT2D eigenvalue weighted by Crippen LogP contribution is -2.28. The topological polar surface area (TPSA) is 43.2 Å². The van der Waals surface area contributed by atoms with Gasteiger partial charge in [0, 0.05) is 0 Å². The van der Waals surface area contributed by atoms with E-state index in [2.05, 4.69) is 64.9 Å². The molecule has 2 heterocycles. The fourth-order valence-electron chi connectivity index (χ4n) is 3.60. The van der Waals surface area contributed by atoms with E-state index in [1.54, 1.807) is 0 Å². The van der Waals surface area contributed by atoms with Gasteiger partial charge in [-0.3, -0.25) is 0 Å². The van der Waals surface area contributed by atoms with E-state index in [0.29, 0.717) is 6.61 Å². The number of hydrogen-bond donors (Lipinski definition) is 0. The predicted octanol–water partition coefficient (Wildman–Crippen LogP) is 3.95.